The van der Waals surface area contributed by atoms with Gasteiger partial charge in [0.1, 0.15) is 5.78 Å². The zero-order valence-corrected chi connectivity index (χ0v) is 15.6. The maximum Gasteiger partial charge on any atom is 0.192 e. The molecule has 0 radical (unpaired) electrons. The monoisotopic (exact) mass is 363 g/mol. The van der Waals surface area contributed by atoms with Crippen molar-refractivity contribution in [1.29, 1.82) is 0 Å². The molecule has 1 fully saturated rings. The van der Waals surface area contributed by atoms with E-state index in [0.717, 1.165) is 29.4 Å². The molecule has 0 amide bonds. The minimum Gasteiger partial charge on any atom is -0.299 e. The molecule has 1 aliphatic rings. The molecule has 128 valence electrons. The Bertz CT molecular complexity index is 725. The van der Waals surface area contributed by atoms with Gasteiger partial charge in [0.05, 0.1) is 10.3 Å². The molecule has 1 unspecified atom stereocenters. The summed E-state index contributed by atoms with van der Waals surface area (Å²) in [6.45, 7) is 3.84. The molecule has 24 heavy (non-hydrogen) atoms. The van der Waals surface area contributed by atoms with Crippen LogP contribution in [0.5, 0.6) is 0 Å². The molecular formula is C18H22ClN3OS. The van der Waals surface area contributed by atoms with Gasteiger partial charge in [-0.3, -0.25) is 9.36 Å². The highest BCUT2D eigenvalue weighted by atomic mass is 35.5. The molecule has 1 aromatic carbocycles. The van der Waals surface area contributed by atoms with Gasteiger partial charge in [-0.2, -0.15) is 0 Å². The van der Waals surface area contributed by atoms with Gasteiger partial charge in [-0.15, -0.1) is 10.2 Å². The van der Waals surface area contributed by atoms with Crippen molar-refractivity contribution in [1.82, 2.24) is 14.8 Å². The van der Waals surface area contributed by atoms with Crippen molar-refractivity contribution in [2.45, 2.75) is 62.4 Å². The smallest absolute Gasteiger partial charge is 0.192 e. The van der Waals surface area contributed by atoms with Crippen LogP contribution in [0.3, 0.4) is 0 Å². The first-order valence-electron chi connectivity index (χ1n) is 8.51. The molecule has 0 saturated heterocycles. The van der Waals surface area contributed by atoms with E-state index in [1.54, 1.807) is 0 Å². The van der Waals surface area contributed by atoms with Crippen LogP contribution in [0.15, 0.2) is 29.4 Å². The quantitative estimate of drug-likeness (QED) is 0.664. The van der Waals surface area contributed by atoms with E-state index in [4.69, 9.17) is 11.6 Å². The van der Waals surface area contributed by atoms with E-state index in [-0.39, 0.29) is 11.0 Å². The van der Waals surface area contributed by atoms with Crippen LogP contribution in [-0.2, 0) is 4.79 Å². The van der Waals surface area contributed by atoms with Crippen LogP contribution in [0.1, 0.15) is 52.0 Å². The fourth-order valence-corrected chi connectivity index (χ4v) is 4.46. The van der Waals surface area contributed by atoms with E-state index in [9.17, 15) is 4.79 Å². The Kier molecular flexibility index (Phi) is 5.61. The zero-order chi connectivity index (χ0) is 17.1. The van der Waals surface area contributed by atoms with Crippen LogP contribution in [0.4, 0.5) is 0 Å². The number of Topliss-reactive ketones (excluding diaryl/α,β-unsaturated/α-hetero) is 1. The number of carbonyl (C=O) groups excluding carboxylic acids is 1. The summed E-state index contributed by atoms with van der Waals surface area (Å²) in [5.74, 6) is 1.05. The molecular weight excluding hydrogens is 342 g/mol. The highest BCUT2D eigenvalue weighted by Gasteiger charge is 2.27. The molecule has 1 aliphatic carbocycles. The second-order valence-corrected chi connectivity index (χ2v) is 7.89. The van der Waals surface area contributed by atoms with Crippen molar-refractivity contribution >= 4 is 29.1 Å². The highest BCUT2D eigenvalue weighted by molar-refractivity contribution is 8.00. The van der Waals surface area contributed by atoms with Crippen LogP contribution < -0.4 is 0 Å². The van der Waals surface area contributed by atoms with Crippen molar-refractivity contribution in [3.63, 3.8) is 0 Å². The molecule has 1 saturated carbocycles. The molecule has 0 N–H and O–H groups in total. The number of carbonyl (C=O) groups is 1. The van der Waals surface area contributed by atoms with Crippen LogP contribution in [-0.4, -0.2) is 25.8 Å². The van der Waals surface area contributed by atoms with Crippen LogP contribution in [0.25, 0.3) is 11.4 Å². The first kappa shape index (κ1) is 17.5. The van der Waals surface area contributed by atoms with E-state index in [0.29, 0.717) is 17.5 Å². The fraction of sp³-hybridized carbons (Fsp3) is 0.500. The number of ketones is 1. The molecule has 1 atom stereocenters. The van der Waals surface area contributed by atoms with E-state index < -0.39 is 0 Å². The van der Waals surface area contributed by atoms with Crippen molar-refractivity contribution in [2.24, 2.45) is 0 Å². The number of thioether (sulfide) groups is 1. The van der Waals surface area contributed by atoms with Gasteiger partial charge < -0.3 is 0 Å². The predicted octanol–water partition coefficient (Wildman–Crippen LogP) is 5.17. The minimum atomic E-state index is -0.113. The number of nitrogens with zero attached hydrogens (tertiary/aromatic N) is 3. The largest absolute Gasteiger partial charge is 0.299 e. The highest BCUT2D eigenvalue weighted by Crippen LogP contribution is 2.39. The average molecular weight is 364 g/mol. The molecule has 1 aromatic heterocycles. The Balaban J connectivity index is 2.01. The Morgan fingerprint density at radius 3 is 2.71 bits per heavy atom. The SMILES string of the molecule is CCC(=O)C(C)Sc1nnc(-c2ccccc2Cl)n1C1CCCC1. The van der Waals surface area contributed by atoms with E-state index in [1.165, 1.54) is 24.6 Å². The number of rotatable bonds is 6. The number of hydrogen-bond acceptors (Lipinski definition) is 4. The standard InChI is InChI=1S/C18H22ClN3OS/c1-3-16(23)12(2)24-18-21-20-17(14-10-6-7-11-15(14)19)22(18)13-8-4-5-9-13/h6-7,10-13H,3-5,8-9H2,1-2H3. The van der Waals surface area contributed by atoms with Crippen molar-refractivity contribution in [3.8, 4) is 11.4 Å². The molecule has 0 aliphatic heterocycles. The van der Waals surface area contributed by atoms with Crippen LogP contribution in [0.2, 0.25) is 5.02 Å². The lowest BCUT2D eigenvalue weighted by Gasteiger charge is -2.18. The summed E-state index contributed by atoms with van der Waals surface area (Å²) in [6, 6.07) is 8.12. The normalized spacial score (nSPS) is 16.5. The first-order valence-corrected chi connectivity index (χ1v) is 9.76. The van der Waals surface area contributed by atoms with Crippen LogP contribution in [0, 0.1) is 0 Å². The Labute approximate surface area is 152 Å². The lowest BCUT2D eigenvalue weighted by atomic mass is 10.2. The van der Waals surface area contributed by atoms with Gasteiger partial charge in [0.15, 0.2) is 11.0 Å². The lowest BCUT2D eigenvalue weighted by molar-refractivity contribution is -0.118. The minimum absolute atomic E-state index is 0.113. The number of hydrogen-bond donors (Lipinski definition) is 0. The Hall–Kier alpha value is -1.33. The third-order valence-corrected chi connectivity index (χ3v) is 5.99. The van der Waals surface area contributed by atoms with E-state index in [2.05, 4.69) is 14.8 Å². The average Bonchev–Trinajstić information content (AvgIpc) is 3.23. The first-order chi connectivity index (χ1) is 11.6. The molecule has 3 rings (SSSR count). The topological polar surface area (TPSA) is 47.8 Å². The summed E-state index contributed by atoms with van der Waals surface area (Å²) < 4.78 is 2.21. The Morgan fingerprint density at radius 2 is 2.04 bits per heavy atom. The molecule has 1 heterocycles. The fourth-order valence-electron chi connectivity index (χ4n) is 3.19. The summed E-state index contributed by atoms with van der Waals surface area (Å²) in [5.41, 5.74) is 0.903. The molecule has 0 spiro atoms. The number of aromatic nitrogens is 3. The van der Waals surface area contributed by atoms with Gasteiger partial charge in [0, 0.05) is 18.0 Å². The third-order valence-electron chi connectivity index (χ3n) is 4.55. The van der Waals surface area contributed by atoms with Gasteiger partial charge in [-0.05, 0) is 31.9 Å². The second-order valence-electron chi connectivity index (χ2n) is 6.17. The van der Waals surface area contributed by atoms with Gasteiger partial charge in [0.2, 0.25) is 0 Å². The second kappa shape index (κ2) is 7.70. The van der Waals surface area contributed by atoms with Crippen molar-refractivity contribution in [3.05, 3.63) is 29.3 Å². The lowest BCUT2D eigenvalue weighted by Crippen LogP contribution is -2.14. The van der Waals surface area contributed by atoms with E-state index in [1.807, 2.05) is 38.1 Å². The Morgan fingerprint density at radius 1 is 1.33 bits per heavy atom. The third kappa shape index (κ3) is 3.52. The zero-order valence-electron chi connectivity index (χ0n) is 14.0. The van der Waals surface area contributed by atoms with Gasteiger partial charge in [0.25, 0.3) is 0 Å². The van der Waals surface area contributed by atoms with Crippen molar-refractivity contribution < 1.29 is 4.79 Å². The van der Waals surface area contributed by atoms with E-state index >= 15 is 0 Å². The summed E-state index contributed by atoms with van der Waals surface area (Å²) in [4.78, 5) is 12.0. The molecule has 0 bridgehead atoms. The molecule has 2 aromatic rings. The van der Waals surface area contributed by atoms with Gasteiger partial charge in [-0.1, -0.05) is 55.3 Å². The summed E-state index contributed by atoms with van der Waals surface area (Å²) in [5, 5.41) is 10.2. The van der Waals surface area contributed by atoms with Gasteiger partial charge >= 0.3 is 0 Å². The van der Waals surface area contributed by atoms with Crippen molar-refractivity contribution in [2.75, 3.05) is 0 Å². The maximum atomic E-state index is 12.0. The maximum absolute atomic E-state index is 12.0. The predicted molar refractivity (Wildman–Crippen MR) is 98.6 cm³/mol. The number of benzene rings is 1. The molecule has 6 heteroatoms. The van der Waals surface area contributed by atoms with Gasteiger partial charge in [-0.25, -0.2) is 0 Å². The molecule has 4 nitrogen and oxygen atoms in total. The number of halogens is 1. The summed E-state index contributed by atoms with van der Waals surface area (Å²) in [6.07, 6.45) is 5.23. The summed E-state index contributed by atoms with van der Waals surface area (Å²) >= 11 is 7.89. The van der Waals surface area contributed by atoms with Crippen LogP contribution >= 0.6 is 23.4 Å². The summed E-state index contributed by atoms with van der Waals surface area (Å²) in [7, 11) is 0.